The first-order valence-electron chi connectivity index (χ1n) is 10.5. The molecule has 32 heavy (non-hydrogen) atoms. The van der Waals surface area contributed by atoms with E-state index >= 15 is 0 Å². The van der Waals surface area contributed by atoms with E-state index in [4.69, 9.17) is 4.74 Å². The van der Waals surface area contributed by atoms with Crippen molar-refractivity contribution in [2.24, 2.45) is 0 Å². The lowest BCUT2D eigenvalue weighted by atomic mass is 10.1. The Kier molecular flexibility index (Phi) is 8.56. The molecule has 0 bridgehead atoms. The number of nitrogens with zero attached hydrogens (tertiary/aromatic N) is 1. The molecule has 168 valence electrons. The first-order valence-corrected chi connectivity index (χ1v) is 11.9. The molecule has 3 aromatic rings. The summed E-state index contributed by atoms with van der Waals surface area (Å²) in [5.41, 5.74) is 2.64. The number of carbonyl (C=O) groups is 1. The van der Waals surface area contributed by atoms with Crippen LogP contribution in [0.25, 0.3) is 0 Å². The van der Waals surface area contributed by atoms with Crippen LogP contribution < -0.4 is 4.72 Å². The van der Waals surface area contributed by atoms with Gasteiger partial charge in [0.1, 0.15) is 0 Å². The summed E-state index contributed by atoms with van der Waals surface area (Å²) in [4.78, 5) is 15.2. The first kappa shape index (κ1) is 23.7. The van der Waals surface area contributed by atoms with Crippen molar-refractivity contribution in [3.63, 3.8) is 0 Å². The predicted octanol–water partition coefficient (Wildman–Crippen LogP) is 3.50. The molecule has 0 atom stereocenters. The van der Waals surface area contributed by atoms with Gasteiger partial charge in [-0.1, -0.05) is 60.7 Å². The van der Waals surface area contributed by atoms with Crippen molar-refractivity contribution in [3.8, 4) is 0 Å². The third kappa shape index (κ3) is 6.75. The number of hydrogen-bond acceptors (Lipinski definition) is 4. The summed E-state index contributed by atoms with van der Waals surface area (Å²) in [6, 6.07) is 25.9. The second-order valence-corrected chi connectivity index (χ2v) is 9.13. The maximum atomic E-state index is 13.3. The topological polar surface area (TPSA) is 75.7 Å². The van der Waals surface area contributed by atoms with E-state index in [1.807, 2.05) is 60.7 Å². The van der Waals surface area contributed by atoms with Crippen LogP contribution in [0.4, 0.5) is 0 Å². The summed E-state index contributed by atoms with van der Waals surface area (Å²) in [7, 11) is -2.14. The number of sulfonamides is 1. The summed E-state index contributed by atoms with van der Waals surface area (Å²) in [5.74, 6) is -0.138. The third-order valence-corrected chi connectivity index (χ3v) is 6.50. The highest BCUT2D eigenvalue weighted by atomic mass is 32.2. The molecule has 1 N–H and O–H groups in total. The summed E-state index contributed by atoms with van der Waals surface area (Å²) in [6.07, 6.45) is 0.731. The zero-order chi connectivity index (χ0) is 22.8. The predicted molar refractivity (Wildman–Crippen MR) is 125 cm³/mol. The van der Waals surface area contributed by atoms with Crippen molar-refractivity contribution in [1.29, 1.82) is 0 Å². The molecular weight excluding hydrogens is 424 g/mol. The van der Waals surface area contributed by atoms with Crippen LogP contribution in [0.15, 0.2) is 89.8 Å². The number of nitrogens with one attached hydrogen (secondary N) is 1. The van der Waals surface area contributed by atoms with Gasteiger partial charge in [0.05, 0.1) is 11.5 Å². The van der Waals surface area contributed by atoms with Gasteiger partial charge < -0.3 is 9.64 Å². The SMILES string of the molecule is COCCNS(=O)(=O)c1ccc(C(=O)N(CCc2ccccc2)Cc2ccccc2)cc1. The van der Waals surface area contributed by atoms with Crippen LogP contribution in [0.1, 0.15) is 21.5 Å². The Labute approximate surface area is 189 Å². The standard InChI is InChI=1S/C25H28N2O4S/c1-31-19-17-26-32(29,30)24-14-12-23(13-15-24)25(28)27(20-22-10-6-3-7-11-22)18-16-21-8-4-2-5-9-21/h2-15,26H,16-20H2,1H3. The van der Waals surface area contributed by atoms with Gasteiger partial charge in [-0.15, -0.1) is 0 Å². The van der Waals surface area contributed by atoms with Crippen LogP contribution in [0.3, 0.4) is 0 Å². The van der Waals surface area contributed by atoms with Gasteiger partial charge in [-0.05, 0) is 41.8 Å². The number of benzene rings is 3. The molecule has 0 spiro atoms. The van der Waals surface area contributed by atoms with Crippen LogP contribution in [0.2, 0.25) is 0 Å². The molecule has 7 heteroatoms. The van der Waals surface area contributed by atoms with E-state index in [9.17, 15) is 13.2 Å². The Morgan fingerprint density at radius 2 is 1.47 bits per heavy atom. The van der Waals surface area contributed by atoms with Gasteiger partial charge in [-0.3, -0.25) is 4.79 Å². The second-order valence-electron chi connectivity index (χ2n) is 7.36. The Bertz CT molecular complexity index is 1090. The van der Waals surface area contributed by atoms with Gasteiger partial charge in [0.2, 0.25) is 10.0 Å². The molecule has 0 saturated carbocycles. The van der Waals surface area contributed by atoms with Crippen LogP contribution in [-0.2, 0) is 27.7 Å². The van der Waals surface area contributed by atoms with Gasteiger partial charge in [0, 0.05) is 32.3 Å². The Hall–Kier alpha value is -3.00. The molecule has 6 nitrogen and oxygen atoms in total. The number of hydrogen-bond donors (Lipinski definition) is 1. The van der Waals surface area contributed by atoms with Crippen LogP contribution in [0, 0.1) is 0 Å². The van der Waals surface area contributed by atoms with E-state index in [0.29, 0.717) is 18.7 Å². The minimum Gasteiger partial charge on any atom is -0.383 e. The van der Waals surface area contributed by atoms with Crippen molar-refractivity contribution in [2.45, 2.75) is 17.9 Å². The second kappa shape index (κ2) is 11.6. The Balaban J connectivity index is 1.75. The van der Waals surface area contributed by atoms with Crippen molar-refractivity contribution >= 4 is 15.9 Å². The molecule has 0 radical (unpaired) electrons. The fraction of sp³-hybridized carbons (Fsp3) is 0.240. The third-order valence-electron chi connectivity index (χ3n) is 5.03. The number of rotatable bonds is 11. The highest BCUT2D eigenvalue weighted by Crippen LogP contribution is 2.15. The molecule has 0 heterocycles. The van der Waals surface area contributed by atoms with Gasteiger partial charge in [-0.25, -0.2) is 13.1 Å². The van der Waals surface area contributed by atoms with E-state index in [0.717, 1.165) is 17.5 Å². The first-order chi connectivity index (χ1) is 15.5. The molecule has 0 saturated heterocycles. The maximum Gasteiger partial charge on any atom is 0.254 e. The average molecular weight is 453 g/mol. The summed E-state index contributed by atoms with van der Waals surface area (Å²) in [6.45, 7) is 1.50. The smallest absolute Gasteiger partial charge is 0.254 e. The number of ether oxygens (including phenoxy) is 1. The van der Waals surface area contributed by atoms with E-state index in [1.165, 1.54) is 19.2 Å². The van der Waals surface area contributed by atoms with Crippen molar-refractivity contribution < 1.29 is 17.9 Å². The fourth-order valence-electron chi connectivity index (χ4n) is 3.29. The van der Waals surface area contributed by atoms with Crippen molar-refractivity contribution in [3.05, 3.63) is 102 Å². The summed E-state index contributed by atoms with van der Waals surface area (Å²) in [5, 5.41) is 0. The maximum absolute atomic E-state index is 13.3. The largest absolute Gasteiger partial charge is 0.383 e. The molecule has 0 unspecified atom stereocenters. The zero-order valence-electron chi connectivity index (χ0n) is 18.1. The molecule has 0 aliphatic rings. The van der Waals surface area contributed by atoms with E-state index < -0.39 is 10.0 Å². The lowest BCUT2D eigenvalue weighted by Crippen LogP contribution is -2.32. The van der Waals surface area contributed by atoms with E-state index in [1.54, 1.807) is 17.0 Å². The van der Waals surface area contributed by atoms with Gasteiger partial charge in [0.15, 0.2) is 0 Å². The normalized spacial score (nSPS) is 11.3. The molecular formula is C25H28N2O4S. The average Bonchev–Trinajstić information content (AvgIpc) is 2.83. The molecule has 0 aliphatic carbocycles. The number of carbonyl (C=O) groups excluding carboxylic acids is 1. The van der Waals surface area contributed by atoms with Gasteiger partial charge in [0.25, 0.3) is 5.91 Å². The molecule has 0 aliphatic heterocycles. The molecule has 0 fully saturated rings. The minimum atomic E-state index is -3.64. The lowest BCUT2D eigenvalue weighted by Gasteiger charge is -2.23. The Morgan fingerprint density at radius 3 is 2.06 bits per heavy atom. The van der Waals surface area contributed by atoms with Crippen LogP contribution in [-0.4, -0.2) is 46.0 Å². The van der Waals surface area contributed by atoms with Crippen LogP contribution >= 0.6 is 0 Å². The monoisotopic (exact) mass is 452 g/mol. The highest BCUT2D eigenvalue weighted by Gasteiger charge is 2.18. The van der Waals surface area contributed by atoms with Crippen molar-refractivity contribution in [2.75, 3.05) is 26.8 Å². The molecule has 3 aromatic carbocycles. The highest BCUT2D eigenvalue weighted by molar-refractivity contribution is 7.89. The van der Waals surface area contributed by atoms with Gasteiger partial charge in [-0.2, -0.15) is 0 Å². The quantitative estimate of drug-likeness (QED) is 0.452. The minimum absolute atomic E-state index is 0.115. The lowest BCUT2D eigenvalue weighted by molar-refractivity contribution is 0.0745. The number of amides is 1. The van der Waals surface area contributed by atoms with E-state index in [-0.39, 0.29) is 24.0 Å². The number of methoxy groups -OCH3 is 1. The van der Waals surface area contributed by atoms with E-state index in [2.05, 4.69) is 4.72 Å². The zero-order valence-corrected chi connectivity index (χ0v) is 18.9. The Morgan fingerprint density at radius 1 is 0.875 bits per heavy atom. The molecule has 3 rings (SSSR count). The van der Waals surface area contributed by atoms with Crippen molar-refractivity contribution in [1.82, 2.24) is 9.62 Å². The summed E-state index contributed by atoms with van der Waals surface area (Å²) >= 11 is 0. The van der Waals surface area contributed by atoms with Crippen LogP contribution in [0.5, 0.6) is 0 Å². The van der Waals surface area contributed by atoms with Gasteiger partial charge >= 0.3 is 0 Å². The fourth-order valence-corrected chi connectivity index (χ4v) is 4.30. The molecule has 0 aromatic heterocycles. The summed E-state index contributed by atoms with van der Waals surface area (Å²) < 4.78 is 32.1. The molecule has 1 amide bonds.